The summed E-state index contributed by atoms with van der Waals surface area (Å²) in [5, 5.41) is 10.2. The number of benzene rings is 1. The van der Waals surface area contributed by atoms with Gasteiger partial charge in [0, 0.05) is 0 Å². The molecule has 4 atom stereocenters. The molecule has 0 amide bonds. The van der Waals surface area contributed by atoms with Crippen molar-refractivity contribution < 1.29 is 14.6 Å². The molecule has 0 saturated heterocycles. The summed E-state index contributed by atoms with van der Waals surface area (Å²) in [5.74, 6) is 2.34. The molecule has 21 heavy (non-hydrogen) atoms. The van der Waals surface area contributed by atoms with E-state index in [0.29, 0.717) is 25.2 Å². The largest absolute Gasteiger partial charge is 0.494 e. The number of hydrogen-bond donors (Lipinski definition) is 1. The number of hydrogen-bond acceptors (Lipinski definition) is 3. The lowest BCUT2D eigenvalue weighted by Gasteiger charge is -2.32. The van der Waals surface area contributed by atoms with Crippen molar-refractivity contribution in [3.63, 3.8) is 0 Å². The van der Waals surface area contributed by atoms with E-state index < -0.39 is 6.10 Å². The third kappa shape index (κ3) is 4.72. The first kappa shape index (κ1) is 16.3. The summed E-state index contributed by atoms with van der Waals surface area (Å²) in [5.41, 5.74) is 0.885. The fourth-order valence-electron chi connectivity index (χ4n) is 2.93. The monoisotopic (exact) mass is 292 g/mol. The van der Waals surface area contributed by atoms with Gasteiger partial charge in [0.2, 0.25) is 0 Å². The van der Waals surface area contributed by atoms with Crippen LogP contribution in [0.5, 0.6) is 5.75 Å². The topological polar surface area (TPSA) is 38.7 Å². The van der Waals surface area contributed by atoms with Crippen LogP contribution in [0.25, 0.3) is 0 Å². The zero-order chi connectivity index (χ0) is 15.2. The molecule has 0 radical (unpaired) electrons. The van der Waals surface area contributed by atoms with Gasteiger partial charge in [-0.15, -0.1) is 0 Å². The summed E-state index contributed by atoms with van der Waals surface area (Å²) in [6, 6.07) is 7.61. The highest BCUT2D eigenvalue weighted by atomic mass is 16.5. The standard InChI is InChI=1S/C18H28O3/c1-4-20-16-9-6-15(7-10-16)18(19)12-21-17-8-5-13(2)14(3)11-17/h6-7,9-10,13-14,17-19H,4-5,8,11-12H2,1-3H3. The highest BCUT2D eigenvalue weighted by Crippen LogP contribution is 2.31. The van der Waals surface area contributed by atoms with Crippen LogP contribution in [-0.2, 0) is 4.74 Å². The zero-order valence-corrected chi connectivity index (χ0v) is 13.4. The Balaban J connectivity index is 1.80. The van der Waals surface area contributed by atoms with Crippen LogP contribution in [0.15, 0.2) is 24.3 Å². The number of rotatable bonds is 6. The molecule has 1 fully saturated rings. The van der Waals surface area contributed by atoms with Crippen LogP contribution < -0.4 is 4.74 Å². The zero-order valence-electron chi connectivity index (χ0n) is 13.4. The average Bonchev–Trinajstić information content (AvgIpc) is 2.49. The molecule has 1 aliphatic carbocycles. The Morgan fingerprint density at radius 3 is 2.48 bits per heavy atom. The number of aliphatic hydroxyl groups excluding tert-OH is 1. The van der Waals surface area contributed by atoms with Crippen LogP contribution in [0.2, 0.25) is 0 Å². The normalized spacial score (nSPS) is 27.3. The van der Waals surface area contributed by atoms with E-state index in [1.165, 1.54) is 6.42 Å². The molecule has 118 valence electrons. The van der Waals surface area contributed by atoms with Crippen LogP contribution in [-0.4, -0.2) is 24.4 Å². The summed E-state index contributed by atoms with van der Waals surface area (Å²) < 4.78 is 11.3. The molecular formula is C18H28O3. The summed E-state index contributed by atoms with van der Waals surface area (Å²) in [6.07, 6.45) is 3.19. The molecule has 1 aromatic rings. The van der Waals surface area contributed by atoms with Crippen LogP contribution in [0, 0.1) is 11.8 Å². The van der Waals surface area contributed by atoms with E-state index in [-0.39, 0.29) is 0 Å². The van der Waals surface area contributed by atoms with Gasteiger partial charge < -0.3 is 14.6 Å². The molecule has 2 rings (SSSR count). The minimum absolute atomic E-state index is 0.300. The summed E-state index contributed by atoms with van der Waals surface area (Å²) in [7, 11) is 0. The first-order chi connectivity index (χ1) is 10.1. The molecule has 1 aliphatic rings. The Labute approximate surface area is 128 Å². The first-order valence-corrected chi connectivity index (χ1v) is 8.12. The van der Waals surface area contributed by atoms with Crippen molar-refractivity contribution in [2.75, 3.05) is 13.2 Å². The third-order valence-electron chi connectivity index (χ3n) is 4.62. The molecule has 0 bridgehead atoms. The lowest BCUT2D eigenvalue weighted by molar-refractivity contribution is -0.0397. The Bertz CT molecular complexity index is 415. The van der Waals surface area contributed by atoms with Gasteiger partial charge in [-0.25, -0.2) is 0 Å². The highest BCUT2D eigenvalue weighted by molar-refractivity contribution is 5.28. The molecule has 1 N–H and O–H groups in total. The maximum absolute atomic E-state index is 10.2. The molecule has 1 aromatic carbocycles. The molecular weight excluding hydrogens is 264 g/mol. The van der Waals surface area contributed by atoms with Crippen molar-refractivity contribution in [2.24, 2.45) is 11.8 Å². The summed E-state index contributed by atoms with van der Waals surface area (Å²) in [6.45, 7) is 7.60. The fourth-order valence-corrected chi connectivity index (χ4v) is 2.93. The van der Waals surface area contributed by atoms with Gasteiger partial charge in [-0.1, -0.05) is 26.0 Å². The minimum Gasteiger partial charge on any atom is -0.494 e. The van der Waals surface area contributed by atoms with E-state index in [0.717, 1.165) is 30.1 Å². The first-order valence-electron chi connectivity index (χ1n) is 8.12. The molecule has 4 unspecified atom stereocenters. The molecule has 0 aliphatic heterocycles. The van der Waals surface area contributed by atoms with Gasteiger partial charge in [-0.2, -0.15) is 0 Å². The van der Waals surface area contributed by atoms with Crippen LogP contribution in [0.3, 0.4) is 0 Å². The van der Waals surface area contributed by atoms with Crippen molar-refractivity contribution in [1.29, 1.82) is 0 Å². The predicted octanol–water partition coefficient (Wildman–Crippen LogP) is 3.96. The maximum atomic E-state index is 10.2. The second kappa shape index (κ2) is 7.81. The Kier molecular flexibility index (Phi) is 6.07. The van der Waals surface area contributed by atoms with Gasteiger partial charge in [0.25, 0.3) is 0 Å². The minimum atomic E-state index is -0.560. The van der Waals surface area contributed by atoms with Crippen LogP contribution >= 0.6 is 0 Å². The molecule has 0 heterocycles. The summed E-state index contributed by atoms with van der Waals surface area (Å²) in [4.78, 5) is 0. The molecule has 3 nitrogen and oxygen atoms in total. The number of aliphatic hydroxyl groups is 1. The second-order valence-corrected chi connectivity index (χ2v) is 6.24. The Hall–Kier alpha value is -1.06. The van der Waals surface area contributed by atoms with Crippen LogP contribution in [0.1, 0.15) is 51.7 Å². The van der Waals surface area contributed by atoms with Crippen LogP contribution in [0.4, 0.5) is 0 Å². The van der Waals surface area contributed by atoms with Gasteiger partial charge in [0.05, 0.1) is 19.3 Å². The lowest BCUT2D eigenvalue weighted by Crippen LogP contribution is -2.28. The molecule has 0 aromatic heterocycles. The van der Waals surface area contributed by atoms with Crippen molar-refractivity contribution in [3.8, 4) is 5.75 Å². The van der Waals surface area contributed by atoms with Gasteiger partial charge in [0.15, 0.2) is 0 Å². The van der Waals surface area contributed by atoms with Gasteiger partial charge in [0.1, 0.15) is 11.9 Å². The van der Waals surface area contributed by atoms with Crippen molar-refractivity contribution >= 4 is 0 Å². The predicted molar refractivity (Wildman–Crippen MR) is 84.5 cm³/mol. The van der Waals surface area contributed by atoms with E-state index in [1.54, 1.807) is 0 Å². The lowest BCUT2D eigenvalue weighted by atomic mass is 9.80. The SMILES string of the molecule is CCOc1ccc(C(O)COC2CCC(C)C(C)C2)cc1. The molecule has 3 heteroatoms. The van der Waals surface area contributed by atoms with Gasteiger partial charge in [-0.05, 0) is 55.7 Å². The van der Waals surface area contributed by atoms with Crippen molar-refractivity contribution in [2.45, 2.75) is 52.2 Å². The third-order valence-corrected chi connectivity index (χ3v) is 4.62. The Morgan fingerprint density at radius 2 is 1.86 bits per heavy atom. The fraction of sp³-hybridized carbons (Fsp3) is 0.667. The summed E-state index contributed by atoms with van der Waals surface area (Å²) >= 11 is 0. The average molecular weight is 292 g/mol. The van der Waals surface area contributed by atoms with E-state index in [2.05, 4.69) is 13.8 Å². The van der Waals surface area contributed by atoms with E-state index in [1.807, 2.05) is 31.2 Å². The van der Waals surface area contributed by atoms with Crippen molar-refractivity contribution in [3.05, 3.63) is 29.8 Å². The van der Waals surface area contributed by atoms with E-state index >= 15 is 0 Å². The number of ether oxygens (including phenoxy) is 2. The van der Waals surface area contributed by atoms with E-state index in [9.17, 15) is 5.11 Å². The highest BCUT2D eigenvalue weighted by Gasteiger charge is 2.25. The quantitative estimate of drug-likeness (QED) is 0.862. The van der Waals surface area contributed by atoms with Crippen molar-refractivity contribution in [1.82, 2.24) is 0 Å². The Morgan fingerprint density at radius 1 is 1.14 bits per heavy atom. The smallest absolute Gasteiger partial charge is 0.119 e. The molecule has 0 spiro atoms. The maximum Gasteiger partial charge on any atom is 0.119 e. The van der Waals surface area contributed by atoms with Gasteiger partial charge in [-0.3, -0.25) is 0 Å². The van der Waals surface area contributed by atoms with E-state index in [4.69, 9.17) is 9.47 Å². The second-order valence-electron chi connectivity index (χ2n) is 6.24. The van der Waals surface area contributed by atoms with Gasteiger partial charge >= 0.3 is 0 Å². The molecule has 1 saturated carbocycles.